The summed E-state index contributed by atoms with van der Waals surface area (Å²) in [7, 11) is 0. The van der Waals surface area contributed by atoms with E-state index < -0.39 is 18.1 Å². The third-order valence-corrected chi connectivity index (χ3v) is 2.17. The van der Waals surface area contributed by atoms with E-state index in [0.29, 0.717) is 5.56 Å². The molecule has 1 unspecified atom stereocenters. The van der Waals surface area contributed by atoms with E-state index in [1.165, 1.54) is 31.2 Å². The number of ether oxygens (including phenoxy) is 1. The average molecular weight is 230 g/mol. The lowest BCUT2D eigenvalue weighted by molar-refractivity contribution is -0.122. The molecule has 0 saturated heterocycles. The van der Waals surface area contributed by atoms with Gasteiger partial charge in [0.25, 0.3) is 0 Å². The maximum absolute atomic E-state index is 12.0. The van der Waals surface area contributed by atoms with Gasteiger partial charge < -0.3 is 16.2 Å². The van der Waals surface area contributed by atoms with Gasteiger partial charge in [-0.1, -0.05) is 12.1 Å². The minimum absolute atomic E-state index is 0.0644. The Morgan fingerprint density at radius 3 is 2.62 bits per heavy atom. The molecule has 1 amide bonds. The predicted octanol–water partition coefficient (Wildman–Crippen LogP) is 0.947. The number of primary amides is 1. The first-order valence-electron chi connectivity index (χ1n) is 4.48. The van der Waals surface area contributed by atoms with Crippen molar-refractivity contribution >= 4 is 5.91 Å². The molecule has 88 valence electrons. The van der Waals surface area contributed by atoms with Gasteiger partial charge in [-0.25, -0.2) is 0 Å². The highest BCUT2D eigenvalue weighted by Crippen LogP contribution is 2.23. The van der Waals surface area contributed by atoms with Gasteiger partial charge in [0.05, 0.1) is 0 Å². The lowest BCUT2D eigenvalue weighted by Crippen LogP contribution is -2.46. The van der Waals surface area contributed by atoms with Crippen LogP contribution in [0.1, 0.15) is 12.5 Å². The number of benzene rings is 1. The Bertz CT molecular complexity index is 394. The summed E-state index contributed by atoms with van der Waals surface area (Å²) in [6.45, 7) is -1.52. The molecule has 0 aromatic heterocycles. The van der Waals surface area contributed by atoms with Crippen LogP contribution in [0.4, 0.5) is 8.78 Å². The summed E-state index contributed by atoms with van der Waals surface area (Å²) in [5.41, 5.74) is 9.67. The Balaban J connectivity index is 3.03. The van der Waals surface area contributed by atoms with Crippen molar-refractivity contribution in [2.24, 2.45) is 11.5 Å². The van der Waals surface area contributed by atoms with Gasteiger partial charge in [0.15, 0.2) is 0 Å². The zero-order chi connectivity index (χ0) is 12.3. The minimum Gasteiger partial charge on any atom is -0.435 e. The van der Waals surface area contributed by atoms with E-state index in [2.05, 4.69) is 4.74 Å². The molecule has 0 fully saturated rings. The van der Waals surface area contributed by atoms with Gasteiger partial charge in [-0.2, -0.15) is 8.78 Å². The molecular weight excluding hydrogens is 218 g/mol. The second-order valence-corrected chi connectivity index (χ2v) is 3.47. The number of nitrogens with two attached hydrogens (primary N) is 2. The Morgan fingerprint density at radius 2 is 2.12 bits per heavy atom. The molecule has 1 atom stereocenters. The summed E-state index contributed by atoms with van der Waals surface area (Å²) in [5, 5.41) is 0. The lowest BCUT2D eigenvalue weighted by Gasteiger charge is -2.21. The minimum atomic E-state index is -2.92. The normalized spacial score (nSPS) is 14.6. The van der Waals surface area contributed by atoms with Crippen molar-refractivity contribution < 1.29 is 18.3 Å². The fourth-order valence-corrected chi connectivity index (χ4v) is 1.14. The Morgan fingerprint density at radius 1 is 1.50 bits per heavy atom. The Labute approximate surface area is 91.2 Å². The molecule has 0 aliphatic rings. The van der Waals surface area contributed by atoms with E-state index in [-0.39, 0.29) is 5.75 Å². The summed E-state index contributed by atoms with van der Waals surface area (Å²) in [5.74, 6) is -0.813. The van der Waals surface area contributed by atoms with E-state index in [4.69, 9.17) is 11.5 Å². The highest BCUT2D eigenvalue weighted by Gasteiger charge is 2.28. The number of amides is 1. The molecule has 0 heterocycles. The smallest absolute Gasteiger partial charge is 0.387 e. The van der Waals surface area contributed by atoms with Crippen LogP contribution >= 0.6 is 0 Å². The van der Waals surface area contributed by atoms with Crippen molar-refractivity contribution in [2.75, 3.05) is 0 Å². The first kappa shape index (κ1) is 12.4. The number of alkyl halides is 2. The molecule has 4 N–H and O–H groups in total. The zero-order valence-electron chi connectivity index (χ0n) is 8.61. The van der Waals surface area contributed by atoms with Crippen LogP contribution in [-0.4, -0.2) is 12.5 Å². The van der Waals surface area contributed by atoms with E-state index in [0.717, 1.165) is 0 Å². The van der Waals surface area contributed by atoms with Crippen LogP contribution in [0.3, 0.4) is 0 Å². The molecule has 1 rings (SSSR count). The summed E-state index contributed by atoms with van der Waals surface area (Å²) < 4.78 is 28.1. The van der Waals surface area contributed by atoms with Crippen LogP contribution in [0.5, 0.6) is 5.75 Å². The number of carbonyl (C=O) groups excluding carboxylic acids is 1. The van der Waals surface area contributed by atoms with Gasteiger partial charge in [0.1, 0.15) is 11.3 Å². The monoisotopic (exact) mass is 230 g/mol. The quantitative estimate of drug-likeness (QED) is 0.808. The molecule has 0 saturated carbocycles. The van der Waals surface area contributed by atoms with Crippen LogP contribution < -0.4 is 16.2 Å². The first-order chi connectivity index (χ1) is 7.34. The molecule has 0 radical (unpaired) electrons. The van der Waals surface area contributed by atoms with Crippen LogP contribution in [0.2, 0.25) is 0 Å². The van der Waals surface area contributed by atoms with E-state index in [1.807, 2.05) is 0 Å². The van der Waals surface area contributed by atoms with E-state index in [9.17, 15) is 13.6 Å². The van der Waals surface area contributed by atoms with E-state index in [1.54, 1.807) is 0 Å². The molecule has 0 spiro atoms. The van der Waals surface area contributed by atoms with Gasteiger partial charge in [-0.15, -0.1) is 0 Å². The SMILES string of the molecule is CC(N)(C(N)=O)c1cccc(OC(F)F)c1. The molecule has 16 heavy (non-hydrogen) atoms. The van der Waals surface area contributed by atoms with Crippen molar-refractivity contribution in [3.05, 3.63) is 29.8 Å². The average Bonchev–Trinajstić information content (AvgIpc) is 2.16. The van der Waals surface area contributed by atoms with Crippen molar-refractivity contribution in [1.29, 1.82) is 0 Å². The molecule has 0 aliphatic carbocycles. The summed E-state index contributed by atoms with van der Waals surface area (Å²) >= 11 is 0. The van der Waals surface area contributed by atoms with Crippen molar-refractivity contribution in [3.63, 3.8) is 0 Å². The van der Waals surface area contributed by atoms with Gasteiger partial charge in [0.2, 0.25) is 5.91 Å². The van der Waals surface area contributed by atoms with Crippen LogP contribution in [0, 0.1) is 0 Å². The van der Waals surface area contributed by atoms with Crippen LogP contribution in [-0.2, 0) is 10.3 Å². The molecule has 6 heteroatoms. The van der Waals surface area contributed by atoms with Gasteiger partial charge in [-0.05, 0) is 24.6 Å². The molecule has 1 aromatic rings. The lowest BCUT2D eigenvalue weighted by atomic mass is 9.92. The fraction of sp³-hybridized carbons (Fsp3) is 0.300. The number of halogens is 2. The Kier molecular flexibility index (Phi) is 3.44. The predicted molar refractivity (Wildman–Crippen MR) is 53.8 cm³/mol. The zero-order valence-corrected chi connectivity index (χ0v) is 8.61. The summed E-state index contributed by atoms with van der Waals surface area (Å²) in [6.07, 6.45) is 0. The summed E-state index contributed by atoms with van der Waals surface area (Å²) in [6, 6.07) is 5.58. The van der Waals surface area contributed by atoms with E-state index >= 15 is 0 Å². The van der Waals surface area contributed by atoms with Crippen LogP contribution in [0.25, 0.3) is 0 Å². The molecular formula is C10H12F2N2O2. The Hall–Kier alpha value is -1.69. The maximum Gasteiger partial charge on any atom is 0.387 e. The number of hydrogen-bond acceptors (Lipinski definition) is 3. The third-order valence-electron chi connectivity index (χ3n) is 2.17. The highest BCUT2D eigenvalue weighted by molar-refractivity contribution is 5.85. The van der Waals surface area contributed by atoms with Crippen LogP contribution in [0.15, 0.2) is 24.3 Å². The highest BCUT2D eigenvalue weighted by atomic mass is 19.3. The first-order valence-corrected chi connectivity index (χ1v) is 4.48. The molecule has 0 aliphatic heterocycles. The van der Waals surface area contributed by atoms with Crippen molar-refractivity contribution in [2.45, 2.75) is 19.1 Å². The number of hydrogen-bond donors (Lipinski definition) is 2. The second-order valence-electron chi connectivity index (χ2n) is 3.47. The van der Waals surface area contributed by atoms with Crippen molar-refractivity contribution in [1.82, 2.24) is 0 Å². The molecule has 1 aromatic carbocycles. The number of rotatable bonds is 4. The van der Waals surface area contributed by atoms with Gasteiger partial charge in [-0.3, -0.25) is 4.79 Å². The second kappa shape index (κ2) is 4.44. The maximum atomic E-state index is 12.0. The molecule has 4 nitrogen and oxygen atoms in total. The van der Waals surface area contributed by atoms with Gasteiger partial charge in [0, 0.05) is 0 Å². The standard InChI is InChI=1S/C10H12F2N2O2/c1-10(14,8(13)15)6-3-2-4-7(5-6)16-9(11)12/h2-5,9H,14H2,1H3,(H2,13,15). The van der Waals surface area contributed by atoms with Gasteiger partial charge >= 0.3 is 6.61 Å². The topological polar surface area (TPSA) is 78.3 Å². The largest absolute Gasteiger partial charge is 0.435 e. The van der Waals surface area contributed by atoms with Crippen molar-refractivity contribution in [3.8, 4) is 5.75 Å². The summed E-state index contributed by atoms with van der Waals surface area (Å²) in [4.78, 5) is 11.1. The molecule has 0 bridgehead atoms. The third kappa shape index (κ3) is 2.66. The fourth-order valence-electron chi connectivity index (χ4n) is 1.14. The number of carbonyl (C=O) groups is 1.